The van der Waals surface area contributed by atoms with Crippen LogP contribution in [-0.2, 0) is 9.53 Å². The Bertz CT molecular complexity index is 203. The molecular weight excluding hydrogens is 180 g/mol. The number of hydrogen-bond acceptors (Lipinski definition) is 2. The fourth-order valence-corrected chi connectivity index (χ4v) is 2.30. The first-order chi connectivity index (χ1) is 6.64. The minimum atomic E-state index is -0.899. The number of carbonyl (C=O) groups is 1. The quantitative estimate of drug-likeness (QED) is 0.712. The Morgan fingerprint density at radius 2 is 2.21 bits per heavy atom. The van der Waals surface area contributed by atoms with Gasteiger partial charge in [-0.1, -0.05) is 19.8 Å². The van der Waals surface area contributed by atoms with E-state index in [4.69, 9.17) is 9.84 Å². The van der Waals surface area contributed by atoms with Crippen LogP contribution in [0.3, 0.4) is 0 Å². The summed E-state index contributed by atoms with van der Waals surface area (Å²) in [5.41, 5.74) is -0.899. The molecule has 0 spiro atoms. The van der Waals surface area contributed by atoms with Crippen LogP contribution in [0.4, 0.5) is 0 Å². The highest BCUT2D eigenvalue weighted by Crippen LogP contribution is 2.34. The van der Waals surface area contributed by atoms with E-state index in [-0.39, 0.29) is 0 Å². The fraction of sp³-hybridized carbons (Fsp3) is 0.909. The highest BCUT2D eigenvalue weighted by Gasteiger charge is 2.39. The first kappa shape index (κ1) is 11.5. The van der Waals surface area contributed by atoms with Crippen molar-refractivity contribution in [2.45, 2.75) is 51.0 Å². The summed E-state index contributed by atoms with van der Waals surface area (Å²) in [5.74, 6) is -0.108. The van der Waals surface area contributed by atoms with E-state index < -0.39 is 11.6 Å². The van der Waals surface area contributed by atoms with Crippen LogP contribution in [0, 0.1) is 5.92 Å². The minimum Gasteiger partial charge on any atom is -0.479 e. The third-order valence-electron chi connectivity index (χ3n) is 3.51. The second kappa shape index (κ2) is 4.78. The monoisotopic (exact) mass is 200 g/mol. The van der Waals surface area contributed by atoms with Gasteiger partial charge in [-0.25, -0.2) is 4.79 Å². The number of ether oxygens (including phenoxy) is 1. The Morgan fingerprint density at radius 3 is 2.71 bits per heavy atom. The van der Waals surface area contributed by atoms with Gasteiger partial charge in [0, 0.05) is 7.11 Å². The zero-order chi connectivity index (χ0) is 10.6. The third-order valence-corrected chi connectivity index (χ3v) is 3.51. The normalized spacial score (nSPS) is 33.7. The van der Waals surface area contributed by atoms with Crippen LogP contribution in [0.2, 0.25) is 0 Å². The van der Waals surface area contributed by atoms with Crippen LogP contribution >= 0.6 is 0 Å². The summed E-state index contributed by atoms with van der Waals surface area (Å²) >= 11 is 0. The van der Waals surface area contributed by atoms with Gasteiger partial charge < -0.3 is 9.84 Å². The Balaban J connectivity index is 2.66. The first-order valence-electron chi connectivity index (χ1n) is 5.43. The zero-order valence-electron chi connectivity index (χ0n) is 9.08. The molecule has 1 fully saturated rings. The van der Waals surface area contributed by atoms with Crippen molar-refractivity contribution < 1.29 is 14.6 Å². The summed E-state index contributed by atoms with van der Waals surface area (Å²) < 4.78 is 5.21. The Morgan fingerprint density at radius 1 is 1.50 bits per heavy atom. The van der Waals surface area contributed by atoms with Crippen LogP contribution in [0.1, 0.15) is 45.4 Å². The lowest BCUT2D eigenvalue weighted by Crippen LogP contribution is -2.40. The molecule has 0 bridgehead atoms. The lowest BCUT2D eigenvalue weighted by Gasteiger charge is -2.26. The van der Waals surface area contributed by atoms with Crippen LogP contribution in [-0.4, -0.2) is 23.8 Å². The number of carboxylic acids is 1. The Labute approximate surface area is 85.5 Å². The molecule has 1 aliphatic carbocycles. The third kappa shape index (κ3) is 2.27. The van der Waals surface area contributed by atoms with Gasteiger partial charge in [-0.2, -0.15) is 0 Å². The van der Waals surface area contributed by atoms with Gasteiger partial charge in [0.15, 0.2) is 5.60 Å². The number of carboxylic acid groups (broad SMARTS) is 1. The molecule has 2 unspecified atom stereocenters. The molecule has 1 rings (SSSR count). The molecule has 1 saturated carbocycles. The number of aliphatic carboxylic acids is 1. The highest BCUT2D eigenvalue weighted by molar-refractivity contribution is 5.77. The molecular formula is C11H20O3. The van der Waals surface area contributed by atoms with Crippen molar-refractivity contribution in [2.75, 3.05) is 7.11 Å². The Hall–Kier alpha value is -0.570. The average molecular weight is 200 g/mol. The number of rotatable bonds is 3. The summed E-state index contributed by atoms with van der Waals surface area (Å²) in [6.45, 7) is 2.17. The summed E-state index contributed by atoms with van der Waals surface area (Å²) in [7, 11) is 1.51. The van der Waals surface area contributed by atoms with E-state index in [2.05, 4.69) is 6.92 Å². The first-order valence-corrected chi connectivity index (χ1v) is 5.43. The van der Waals surface area contributed by atoms with Crippen LogP contribution in [0.25, 0.3) is 0 Å². The highest BCUT2D eigenvalue weighted by atomic mass is 16.5. The van der Waals surface area contributed by atoms with Gasteiger partial charge in [0.25, 0.3) is 0 Å². The average Bonchev–Trinajstić information content (AvgIpc) is 2.40. The van der Waals surface area contributed by atoms with E-state index in [0.29, 0.717) is 18.8 Å². The maximum Gasteiger partial charge on any atom is 0.335 e. The van der Waals surface area contributed by atoms with Gasteiger partial charge in [0.1, 0.15) is 0 Å². The van der Waals surface area contributed by atoms with E-state index in [0.717, 1.165) is 25.7 Å². The summed E-state index contributed by atoms with van der Waals surface area (Å²) in [6, 6.07) is 0. The molecule has 3 nitrogen and oxygen atoms in total. The number of hydrogen-bond donors (Lipinski definition) is 1. The van der Waals surface area contributed by atoms with E-state index in [1.807, 2.05) is 0 Å². The second-order valence-electron chi connectivity index (χ2n) is 4.21. The topological polar surface area (TPSA) is 46.5 Å². The molecule has 14 heavy (non-hydrogen) atoms. The largest absolute Gasteiger partial charge is 0.479 e. The Kier molecular flexibility index (Phi) is 3.93. The van der Waals surface area contributed by atoms with E-state index >= 15 is 0 Å². The maximum absolute atomic E-state index is 11.1. The van der Waals surface area contributed by atoms with Crippen LogP contribution in [0.5, 0.6) is 0 Å². The molecule has 1 aliphatic rings. The van der Waals surface area contributed by atoms with Gasteiger partial charge in [0.2, 0.25) is 0 Å². The van der Waals surface area contributed by atoms with Gasteiger partial charge in [0.05, 0.1) is 0 Å². The summed E-state index contributed by atoms with van der Waals surface area (Å²) in [5, 5.41) is 9.15. The number of methoxy groups -OCH3 is 1. The van der Waals surface area contributed by atoms with Gasteiger partial charge >= 0.3 is 5.97 Å². The van der Waals surface area contributed by atoms with Crippen molar-refractivity contribution in [1.29, 1.82) is 0 Å². The van der Waals surface area contributed by atoms with E-state index in [9.17, 15) is 4.79 Å². The van der Waals surface area contributed by atoms with Crippen molar-refractivity contribution in [3.8, 4) is 0 Å². The second-order valence-corrected chi connectivity index (χ2v) is 4.21. The van der Waals surface area contributed by atoms with Crippen LogP contribution in [0.15, 0.2) is 0 Å². The molecule has 2 atom stereocenters. The molecule has 0 aromatic rings. The van der Waals surface area contributed by atoms with Crippen molar-refractivity contribution in [3.05, 3.63) is 0 Å². The molecule has 0 heterocycles. The lowest BCUT2D eigenvalue weighted by molar-refractivity contribution is -0.164. The van der Waals surface area contributed by atoms with Crippen molar-refractivity contribution in [2.24, 2.45) is 5.92 Å². The van der Waals surface area contributed by atoms with Crippen molar-refractivity contribution in [1.82, 2.24) is 0 Å². The summed E-state index contributed by atoms with van der Waals surface area (Å²) in [4.78, 5) is 11.1. The minimum absolute atomic E-state index is 0.662. The smallest absolute Gasteiger partial charge is 0.335 e. The lowest BCUT2D eigenvalue weighted by atomic mass is 9.93. The molecule has 82 valence electrons. The molecule has 1 N–H and O–H groups in total. The van der Waals surface area contributed by atoms with Crippen molar-refractivity contribution >= 4 is 5.97 Å². The van der Waals surface area contributed by atoms with E-state index in [1.165, 1.54) is 7.11 Å². The standard InChI is InChI=1S/C11H20O3/c1-3-9-5-4-7-11(14-2,8-6-9)10(12)13/h9H,3-8H2,1-2H3,(H,12,13). The van der Waals surface area contributed by atoms with Gasteiger partial charge in [-0.15, -0.1) is 0 Å². The molecule has 3 heteroatoms. The molecule has 0 aromatic carbocycles. The predicted octanol–water partition coefficient (Wildman–Crippen LogP) is 2.45. The van der Waals surface area contributed by atoms with E-state index in [1.54, 1.807) is 0 Å². The zero-order valence-corrected chi connectivity index (χ0v) is 9.08. The molecule has 0 radical (unpaired) electrons. The molecule has 0 aliphatic heterocycles. The molecule has 0 amide bonds. The molecule has 0 aromatic heterocycles. The molecule has 0 saturated heterocycles. The predicted molar refractivity (Wildman–Crippen MR) is 54.2 cm³/mol. The maximum atomic E-state index is 11.1. The summed E-state index contributed by atoms with van der Waals surface area (Å²) in [6.07, 6.45) is 5.58. The van der Waals surface area contributed by atoms with Gasteiger partial charge in [-0.3, -0.25) is 0 Å². The van der Waals surface area contributed by atoms with Crippen LogP contribution < -0.4 is 0 Å². The fourth-order valence-electron chi connectivity index (χ4n) is 2.30. The van der Waals surface area contributed by atoms with Gasteiger partial charge in [-0.05, 0) is 31.6 Å². The SMILES string of the molecule is CCC1CCCC(OC)(C(=O)O)CC1. The van der Waals surface area contributed by atoms with Crippen molar-refractivity contribution in [3.63, 3.8) is 0 Å².